The molecule has 0 saturated heterocycles. The molecule has 148 valence electrons. The van der Waals surface area contributed by atoms with Gasteiger partial charge in [0.1, 0.15) is 0 Å². The van der Waals surface area contributed by atoms with E-state index in [-0.39, 0.29) is 34.9 Å². The third-order valence-corrected chi connectivity index (χ3v) is 0.577. The standard InChI is InChI=1S/C4H11NO2.4C3H7O.Ti/c6-3-1-5-2-4-7;4*1-3(2)4;/h5-7H,1-4H2;4*3H,1-2H3;/q;4*-1;+4. The van der Waals surface area contributed by atoms with Gasteiger partial charge in [-0.15, -0.1) is 24.4 Å². The molecule has 0 atom stereocenters. The minimum Gasteiger partial charge on any atom is -0.852 e. The summed E-state index contributed by atoms with van der Waals surface area (Å²) in [6.45, 7) is 14.3. The Hall–Kier alpha value is 0.434. The second kappa shape index (κ2) is 38.8. The number of hydrogen-bond donors (Lipinski definition) is 3. The molecule has 0 saturated carbocycles. The molecule has 0 amide bonds. The van der Waals surface area contributed by atoms with Crippen LogP contribution in [-0.4, -0.2) is 60.9 Å². The Kier molecular flexibility index (Phi) is 63.8. The summed E-state index contributed by atoms with van der Waals surface area (Å²) < 4.78 is 0. The molecule has 0 aliphatic rings. The molecule has 24 heavy (non-hydrogen) atoms. The van der Waals surface area contributed by atoms with Crippen LogP contribution in [0.3, 0.4) is 0 Å². The summed E-state index contributed by atoms with van der Waals surface area (Å²) in [5.41, 5.74) is 0. The second-order valence-corrected chi connectivity index (χ2v) is 5.39. The van der Waals surface area contributed by atoms with Crippen molar-refractivity contribution in [3.05, 3.63) is 0 Å². The van der Waals surface area contributed by atoms with Crippen LogP contribution in [0.5, 0.6) is 0 Å². The number of aliphatic hydroxyl groups is 2. The smallest absolute Gasteiger partial charge is 0.852 e. The molecule has 7 nitrogen and oxygen atoms in total. The quantitative estimate of drug-likeness (QED) is 0.358. The van der Waals surface area contributed by atoms with Gasteiger partial charge in [0.15, 0.2) is 0 Å². The van der Waals surface area contributed by atoms with Gasteiger partial charge in [-0.25, -0.2) is 0 Å². The van der Waals surface area contributed by atoms with Crippen molar-refractivity contribution in [1.82, 2.24) is 5.32 Å². The average molecular weight is 389 g/mol. The van der Waals surface area contributed by atoms with Gasteiger partial charge in [0.25, 0.3) is 0 Å². The summed E-state index contributed by atoms with van der Waals surface area (Å²) in [4.78, 5) is 0. The Morgan fingerprint density at radius 3 is 0.792 bits per heavy atom. The number of aliphatic hydroxyl groups excluding tert-OH is 2. The maximum atomic E-state index is 9.53. The summed E-state index contributed by atoms with van der Waals surface area (Å²) in [7, 11) is 0. The molecule has 0 aromatic heterocycles. The maximum Gasteiger partial charge on any atom is 4.00 e. The van der Waals surface area contributed by atoms with Crippen LogP contribution in [0.25, 0.3) is 0 Å². The van der Waals surface area contributed by atoms with Crippen LogP contribution in [0, 0.1) is 0 Å². The predicted molar refractivity (Wildman–Crippen MR) is 87.6 cm³/mol. The summed E-state index contributed by atoms with van der Waals surface area (Å²) in [6.07, 6.45) is -1.67. The second-order valence-electron chi connectivity index (χ2n) is 5.39. The van der Waals surface area contributed by atoms with Gasteiger partial charge in [-0.1, -0.05) is 55.4 Å². The zero-order chi connectivity index (χ0) is 19.8. The van der Waals surface area contributed by atoms with E-state index in [1.807, 2.05) is 0 Å². The molecule has 0 unspecified atom stereocenters. The van der Waals surface area contributed by atoms with E-state index in [1.165, 1.54) is 0 Å². The van der Waals surface area contributed by atoms with Gasteiger partial charge in [-0.3, -0.25) is 0 Å². The molecule has 0 bridgehead atoms. The van der Waals surface area contributed by atoms with Crippen molar-refractivity contribution in [2.75, 3.05) is 26.3 Å². The predicted octanol–water partition coefficient (Wildman–Crippen LogP) is -2.42. The van der Waals surface area contributed by atoms with Gasteiger partial charge < -0.3 is 36.0 Å². The first-order chi connectivity index (χ1) is 10.3. The number of rotatable bonds is 4. The Balaban J connectivity index is -0.0000000429. The molecule has 0 aliphatic carbocycles. The van der Waals surface area contributed by atoms with Crippen LogP contribution in [0.4, 0.5) is 0 Å². The van der Waals surface area contributed by atoms with Crippen molar-refractivity contribution in [1.29, 1.82) is 0 Å². The van der Waals surface area contributed by atoms with Gasteiger partial charge in [0.2, 0.25) is 0 Å². The van der Waals surface area contributed by atoms with E-state index in [4.69, 9.17) is 10.2 Å². The van der Waals surface area contributed by atoms with Crippen LogP contribution >= 0.6 is 0 Å². The van der Waals surface area contributed by atoms with Crippen LogP contribution in [0.1, 0.15) is 55.4 Å². The van der Waals surface area contributed by atoms with E-state index >= 15 is 0 Å². The molecular formula is C16H39NO6Ti. The summed E-state index contributed by atoms with van der Waals surface area (Å²) in [5, 5.41) is 57.2. The summed E-state index contributed by atoms with van der Waals surface area (Å²) in [6, 6.07) is 0. The Morgan fingerprint density at radius 1 is 0.583 bits per heavy atom. The zero-order valence-corrected chi connectivity index (χ0v) is 18.2. The van der Waals surface area contributed by atoms with Crippen molar-refractivity contribution in [3.63, 3.8) is 0 Å². The van der Waals surface area contributed by atoms with Crippen molar-refractivity contribution < 1.29 is 52.4 Å². The van der Waals surface area contributed by atoms with E-state index in [0.29, 0.717) is 13.1 Å². The zero-order valence-electron chi connectivity index (χ0n) is 16.7. The first kappa shape index (κ1) is 39.5. The third-order valence-electron chi connectivity index (χ3n) is 0.577. The van der Waals surface area contributed by atoms with Crippen LogP contribution in [0.15, 0.2) is 0 Å². The average Bonchev–Trinajstić information content (AvgIpc) is 2.26. The number of hydrogen-bond acceptors (Lipinski definition) is 7. The van der Waals surface area contributed by atoms with Crippen LogP contribution < -0.4 is 25.7 Å². The van der Waals surface area contributed by atoms with Crippen molar-refractivity contribution in [2.24, 2.45) is 0 Å². The first-order valence-electron chi connectivity index (χ1n) is 7.90. The normalized spacial score (nSPS) is 8.75. The Bertz CT molecular complexity index is 122. The van der Waals surface area contributed by atoms with E-state index < -0.39 is 24.4 Å². The topological polar surface area (TPSA) is 145 Å². The van der Waals surface area contributed by atoms with E-state index in [0.717, 1.165) is 0 Å². The van der Waals surface area contributed by atoms with Crippen LogP contribution in [-0.2, 0) is 21.7 Å². The largest absolute Gasteiger partial charge is 4.00 e. The fraction of sp³-hybridized carbons (Fsp3) is 1.00. The monoisotopic (exact) mass is 389 g/mol. The number of nitrogens with one attached hydrogen (secondary N) is 1. The molecule has 0 spiro atoms. The van der Waals surface area contributed by atoms with Crippen molar-refractivity contribution in [2.45, 2.75) is 79.8 Å². The molecule has 3 N–H and O–H groups in total. The summed E-state index contributed by atoms with van der Waals surface area (Å²) >= 11 is 0. The molecule has 8 heteroatoms. The van der Waals surface area contributed by atoms with Gasteiger partial charge in [0.05, 0.1) is 13.2 Å². The minimum absolute atomic E-state index is 0. The van der Waals surface area contributed by atoms with E-state index in [9.17, 15) is 20.4 Å². The molecular weight excluding hydrogens is 350 g/mol. The summed E-state index contributed by atoms with van der Waals surface area (Å²) in [5.74, 6) is 0. The van der Waals surface area contributed by atoms with Crippen LogP contribution in [0.2, 0.25) is 0 Å². The third kappa shape index (κ3) is 524. The van der Waals surface area contributed by atoms with Gasteiger partial charge in [-0.05, 0) is 0 Å². The van der Waals surface area contributed by atoms with Gasteiger partial charge in [-0.2, -0.15) is 0 Å². The van der Waals surface area contributed by atoms with E-state index in [1.54, 1.807) is 55.4 Å². The van der Waals surface area contributed by atoms with Crippen molar-refractivity contribution >= 4 is 0 Å². The molecule has 0 aliphatic heterocycles. The minimum atomic E-state index is -0.417. The molecule has 0 rings (SSSR count). The Morgan fingerprint density at radius 2 is 0.708 bits per heavy atom. The Labute approximate surface area is 164 Å². The maximum absolute atomic E-state index is 9.53. The van der Waals surface area contributed by atoms with Crippen molar-refractivity contribution in [3.8, 4) is 0 Å². The van der Waals surface area contributed by atoms with Gasteiger partial charge >= 0.3 is 21.7 Å². The molecule has 0 radical (unpaired) electrons. The molecule has 0 fully saturated rings. The fourth-order valence-corrected chi connectivity index (χ4v) is 0.283. The SMILES string of the molecule is CC(C)[O-].CC(C)[O-].CC(C)[O-].CC(C)[O-].OCCNCCO.[Ti+4]. The fourth-order valence-electron chi connectivity index (χ4n) is 0.283. The van der Waals surface area contributed by atoms with E-state index in [2.05, 4.69) is 5.32 Å². The molecule has 0 aromatic carbocycles. The first-order valence-corrected chi connectivity index (χ1v) is 7.90. The molecule has 0 aromatic rings. The van der Waals surface area contributed by atoms with Gasteiger partial charge in [0, 0.05) is 13.1 Å². The molecule has 0 heterocycles.